The molecule has 7 nitrogen and oxygen atoms in total. The standard InChI is InChI=1S/C25H28N4O3/c1-16-19-7-5-6-8-21(19)32-22(16)15-29(4)23(30)12-9-17-13-18-10-11-20(28(2)3)25(31)27-24(18)26-14-17/h5-9,12-14,20H,10-11,15H2,1-4H3,(H,26,27,31). The molecule has 166 valence electrons. The number of carbonyl (C=O) groups excluding carboxylic acids is 2. The molecule has 0 spiro atoms. The smallest absolute Gasteiger partial charge is 0.246 e. The highest BCUT2D eigenvalue weighted by molar-refractivity contribution is 5.95. The molecule has 3 heterocycles. The third-order valence-electron chi connectivity index (χ3n) is 5.96. The summed E-state index contributed by atoms with van der Waals surface area (Å²) in [5.74, 6) is 1.22. The second-order valence-electron chi connectivity index (χ2n) is 8.46. The first-order chi connectivity index (χ1) is 15.3. The minimum absolute atomic E-state index is 0.0396. The van der Waals surface area contributed by atoms with Crippen molar-refractivity contribution in [3.05, 3.63) is 65.1 Å². The fraction of sp³-hybridized carbons (Fsp3) is 0.320. The number of aryl methyl sites for hydroxylation is 2. The van der Waals surface area contributed by atoms with E-state index in [1.54, 1.807) is 30.3 Å². The summed E-state index contributed by atoms with van der Waals surface area (Å²) in [5.41, 5.74) is 3.68. The zero-order valence-electron chi connectivity index (χ0n) is 18.9. The van der Waals surface area contributed by atoms with Crippen molar-refractivity contribution in [1.82, 2.24) is 14.8 Å². The number of nitrogens with zero attached hydrogens (tertiary/aromatic N) is 3. The Morgan fingerprint density at radius 3 is 2.81 bits per heavy atom. The third kappa shape index (κ3) is 4.43. The van der Waals surface area contributed by atoms with Gasteiger partial charge in [-0.3, -0.25) is 14.5 Å². The molecule has 1 aromatic carbocycles. The lowest BCUT2D eigenvalue weighted by molar-refractivity contribution is -0.125. The molecule has 0 fully saturated rings. The summed E-state index contributed by atoms with van der Waals surface area (Å²) in [7, 11) is 5.55. The first-order valence-corrected chi connectivity index (χ1v) is 10.7. The molecule has 1 aliphatic heterocycles. The lowest BCUT2D eigenvalue weighted by Crippen LogP contribution is -2.38. The predicted octanol–water partition coefficient (Wildman–Crippen LogP) is 3.62. The molecule has 1 aliphatic rings. The van der Waals surface area contributed by atoms with Crippen LogP contribution >= 0.6 is 0 Å². The van der Waals surface area contributed by atoms with Gasteiger partial charge in [-0.1, -0.05) is 18.2 Å². The van der Waals surface area contributed by atoms with E-state index in [9.17, 15) is 9.59 Å². The van der Waals surface area contributed by atoms with E-state index in [2.05, 4.69) is 10.3 Å². The van der Waals surface area contributed by atoms with E-state index in [1.165, 1.54) is 0 Å². The first kappa shape index (κ1) is 21.8. The van der Waals surface area contributed by atoms with Crippen LogP contribution in [0.3, 0.4) is 0 Å². The molecule has 1 N–H and O–H groups in total. The first-order valence-electron chi connectivity index (χ1n) is 10.7. The van der Waals surface area contributed by atoms with Crippen LogP contribution in [0.1, 0.15) is 28.9 Å². The number of furan rings is 1. The van der Waals surface area contributed by atoms with Gasteiger partial charge in [-0.05, 0) is 63.2 Å². The van der Waals surface area contributed by atoms with Gasteiger partial charge in [0.2, 0.25) is 11.8 Å². The van der Waals surface area contributed by atoms with Gasteiger partial charge in [0.25, 0.3) is 0 Å². The Hall–Kier alpha value is -3.45. The van der Waals surface area contributed by atoms with Crippen LogP contribution in [-0.4, -0.2) is 53.8 Å². The normalized spacial score (nSPS) is 16.3. The largest absolute Gasteiger partial charge is 0.459 e. The number of anilines is 1. The Labute approximate surface area is 187 Å². The summed E-state index contributed by atoms with van der Waals surface area (Å²) in [6.07, 6.45) is 6.43. The van der Waals surface area contributed by atoms with Gasteiger partial charge >= 0.3 is 0 Å². The van der Waals surface area contributed by atoms with Crippen LogP contribution < -0.4 is 5.32 Å². The minimum Gasteiger partial charge on any atom is -0.459 e. The summed E-state index contributed by atoms with van der Waals surface area (Å²) in [4.78, 5) is 33.0. The van der Waals surface area contributed by atoms with Crippen LogP contribution in [0.2, 0.25) is 0 Å². The number of para-hydroxylation sites is 1. The summed E-state index contributed by atoms with van der Waals surface area (Å²) in [5, 5.41) is 3.97. The van der Waals surface area contributed by atoms with Crippen LogP contribution in [0.15, 0.2) is 47.0 Å². The maximum Gasteiger partial charge on any atom is 0.246 e. The van der Waals surface area contributed by atoms with Crippen molar-refractivity contribution in [1.29, 1.82) is 0 Å². The van der Waals surface area contributed by atoms with Crippen molar-refractivity contribution in [3.8, 4) is 0 Å². The Morgan fingerprint density at radius 1 is 1.28 bits per heavy atom. The zero-order valence-corrected chi connectivity index (χ0v) is 18.9. The quantitative estimate of drug-likeness (QED) is 0.623. The summed E-state index contributed by atoms with van der Waals surface area (Å²) >= 11 is 0. The number of fused-ring (bicyclic) bond motifs is 2. The van der Waals surface area contributed by atoms with Gasteiger partial charge in [-0.15, -0.1) is 0 Å². The molecule has 0 bridgehead atoms. The van der Waals surface area contributed by atoms with Crippen LogP contribution in [0.25, 0.3) is 17.0 Å². The second-order valence-corrected chi connectivity index (χ2v) is 8.46. The van der Waals surface area contributed by atoms with E-state index in [1.807, 2.05) is 56.3 Å². The van der Waals surface area contributed by atoms with E-state index in [-0.39, 0.29) is 17.9 Å². The molecule has 0 aliphatic carbocycles. The second kappa shape index (κ2) is 8.96. The molecule has 32 heavy (non-hydrogen) atoms. The average Bonchev–Trinajstić information content (AvgIpc) is 2.97. The maximum absolute atomic E-state index is 12.7. The molecule has 2 aromatic heterocycles. The fourth-order valence-corrected chi connectivity index (χ4v) is 4.00. The number of amides is 2. The summed E-state index contributed by atoms with van der Waals surface area (Å²) in [6.45, 7) is 2.40. The van der Waals surface area contributed by atoms with Gasteiger partial charge < -0.3 is 14.6 Å². The molecule has 0 saturated heterocycles. The Balaban J connectivity index is 1.44. The Morgan fingerprint density at radius 2 is 2.06 bits per heavy atom. The number of hydrogen-bond donors (Lipinski definition) is 1. The number of hydrogen-bond acceptors (Lipinski definition) is 5. The molecular formula is C25H28N4O3. The molecular weight excluding hydrogens is 404 g/mol. The van der Waals surface area contributed by atoms with Gasteiger partial charge in [0.05, 0.1) is 12.6 Å². The van der Waals surface area contributed by atoms with Gasteiger partial charge in [-0.2, -0.15) is 0 Å². The van der Waals surface area contributed by atoms with Crippen LogP contribution in [0.4, 0.5) is 5.82 Å². The Kier molecular flexibility index (Phi) is 6.10. The third-order valence-corrected chi connectivity index (χ3v) is 5.96. The van der Waals surface area contributed by atoms with Gasteiger partial charge in [0.1, 0.15) is 17.2 Å². The average molecular weight is 433 g/mol. The molecule has 1 atom stereocenters. The lowest BCUT2D eigenvalue weighted by Gasteiger charge is -2.20. The molecule has 0 saturated carbocycles. The molecule has 4 rings (SSSR count). The van der Waals surface area contributed by atoms with Gasteiger partial charge in [0, 0.05) is 30.3 Å². The molecule has 3 aromatic rings. The van der Waals surface area contributed by atoms with E-state index >= 15 is 0 Å². The molecule has 7 heteroatoms. The summed E-state index contributed by atoms with van der Waals surface area (Å²) < 4.78 is 5.92. The topological polar surface area (TPSA) is 78.7 Å². The van der Waals surface area contributed by atoms with E-state index in [4.69, 9.17) is 4.42 Å². The number of pyridine rings is 1. The van der Waals surface area contributed by atoms with E-state index in [0.717, 1.165) is 46.3 Å². The SMILES string of the molecule is Cc1c(CN(C)C(=O)C=Cc2cnc3c(c2)CCC(N(C)C)C(=O)N3)oc2ccccc12. The molecule has 0 radical (unpaired) electrons. The monoisotopic (exact) mass is 432 g/mol. The maximum atomic E-state index is 12.7. The van der Waals surface area contributed by atoms with Crippen molar-refractivity contribution in [2.45, 2.75) is 32.4 Å². The van der Waals surface area contributed by atoms with Gasteiger partial charge in [-0.25, -0.2) is 4.98 Å². The number of likely N-dealkylation sites (N-methyl/N-ethyl adjacent to an activating group) is 2. The number of benzene rings is 1. The van der Waals surface area contributed by atoms with Crippen molar-refractivity contribution in [3.63, 3.8) is 0 Å². The number of rotatable bonds is 5. The minimum atomic E-state index is -0.180. The van der Waals surface area contributed by atoms with Crippen LogP contribution in [-0.2, 0) is 22.6 Å². The predicted molar refractivity (Wildman–Crippen MR) is 125 cm³/mol. The van der Waals surface area contributed by atoms with Crippen LogP contribution in [0, 0.1) is 6.92 Å². The molecule has 2 amide bonds. The Bertz CT molecular complexity index is 1200. The van der Waals surface area contributed by atoms with Crippen molar-refractivity contribution < 1.29 is 14.0 Å². The highest BCUT2D eigenvalue weighted by Gasteiger charge is 2.25. The highest BCUT2D eigenvalue weighted by Crippen LogP contribution is 2.26. The summed E-state index contributed by atoms with van der Waals surface area (Å²) in [6, 6.07) is 9.67. The number of aromatic nitrogens is 1. The lowest BCUT2D eigenvalue weighted by atomic mass is 10.1. The molecule has 1 unspecified atom stereocenters. The van der Waals surface area contributed by atoms with E-state index < -0.39 is 0 Å². The van der Waals surface area contributed by atoms with E-state index in [0.29, 0.717) is 12.4 Å². The number of carbonyl (C=O) groups is 2. The fourth-order valence-electron chi connectivity index (χ4n) is 4.00. The van der Waals surface area contributed by atoms with Gasteiger partial charge in [0.15, 0.2) is 0 Å². The van der Waals surface area contributed by atoms with Crippen molar-refractivity contribution in [2.24, 2.45) is 0 Å². The van der Waals surface area contributed by atoms with Crippen molar-refractivity contribution in [2.75, 3.05) is 26.5 Å². The van der Waals surface area contributed by atoms with Crippen LogP contribution in [0.5, 0.6) is 0 Å². The highest BCUT2D eigenvalue weighted by atomic mass is 16.3. The number of nitrogens with one attached hydrogen (secondary N) is 1. The zero-order chi connectivity index (χ0) is 22.8. The van der Waals surface area contributed by atoms with Crippen molar-refractivity contribution >= 4 is 34.7 Å².